The molecule has 1 aliphatic rings. The van der Waals surface area contributed by atoms with Crippen LogP contribution in [-0.2, 0) is 12.3 Å². The van der Waals surface area contributed by atoms with E-state index in [4.69, 9.17) is 12.3 Å². The summed E-state index contributed by atoms with van der Waals surface area (Å²) in [6.45, 7) is 6.20. The molecule has 0 aromatic carbocycles. The third-order valence-corrected chi connectivity index (χ3v) is 10.3. The lowest BCUT2D eigenvalue weighted by Crippen LogP contribution is -2.44. The Morgan fingerprint density at radius 3 is 1.11 bits per heavy atom. The summed E-state index contributed by atoms with van der Waals surface area (Å²) in [6.07, 6.45) is 0. The first-order valence-corrected chi connectivity index (χ1v) is 9.44. The Kier molecular flexibility index (Phi) is 2.61. The first-order chi connectivity index (χ1) is 4.18. The van der Waals surface area contributed by atoms with Crippen molar-refractivity contribution < 1.29 is 12.3 Å². The Balaban J connectivity index is 2.34. The van der Waals surface area contributed by atoms with E-state index in [1.54, 1.807) is 0 Å². The molecule has 6 heteroatoms. The van der Waals surface area contributed by atoms with Crippen LogP contribution >= 0.6 is 0 Å². The average molecular weight is 180 g/mol. The molecule has 0 bridgehead atoms. The fourth-order valence-corrected chi connectivity index (χ4v) is 9.88. The van der Waals surface area contributed by atoms with Gasteiger partial charge in [0.05, 0.1) is 0 Å². The van der Waals surface area contributed by atoms with Crippen LogP contribution in [0.1, 0.15) is 0 Å². The van der Waals surface area contributed by atoms with E-state index in [1.165, 1.54) is 0 Å². The standard InChI is InChI=1S/C3H12O3Si3/c1-7-4-8(2)6-9(3)5-7/h7-9H,1-3H3. The molecule has 0 unspecified atom stereocenters. The molecule has 9 heavy (non-hydrogen) atoms. The summed E-state index contributed by atoms with van der Waals surface area (Å²) in [6, 6.07) is 0. The van der Waals surface area contributed by atoms with Crippen LogP contribution in [-0.4, -0.2) is 27.9 Å². The van der Waals surface area contributed by atoms with Gasteiger partial charge in [-0.05, 0) is 19.6 Å². The smallest absolute Gasteiger partial charge is 0.300 e. The second-order valence-electron chi connectivity index (χ2n) is 2.11. The van der Waals surface area contributed by atoms with Gasteiger partial charge in [-0.2, -0.15) is 0 Å². The van der Waals surface area contributed by atoms with Gasteiger partial charge in [0.1, 0.15) is 0 Å². The van der Waals surface area contributed by atoms with Gasteiger partial charge in [-0.1, -0.05) is 0 Å². The Hall–Kier alpha value is 0.531. The SMILES string of the molecule is C[SiH]1O[SiH](C)O[SiH](C)O1. The summed E-state index contributed by atoms with van der Waals surface area (Å²) < 4.78 is 16.3. The van der Waals surface area contributed by atoms with E-state index < -0.39 is 27.9 Å². The van der Waals surface area contributed by atoms with E-state index in [9.17, 15) is 0 Å². The Morgan fingerprint density at radius 2 is 0.889 bits per heavy atom. The maximum absolute atomic E-state index is 5.42. The molecule has 1 saturated heterocycles. The molecule has 0 saturated carbocycles. The minimum Gasteiger partial charge on any atom is -0.420 e. The molecule has 0 aromatic heterocycles. The molecular formula is C3H12O3Si3. The third kappa shape index (κ3) is 2.32. The maximum Gasteiger partial charge on any atom is 0.300 e. The maximum atomic E-state index is 5.42. The number of hydrogen-bond donors (Lipinski definition) is 0. The second kappa shape index (κ2) is 3.08. The van der Waals surface area contributed by atoms with Crippen LogP contribution in [0.5, 0.6) is 0 Å². The molecule has 1 rings (SSSR count). The van der Waals surface area contributed by atoms with Crippen LogP contribution in [0.25, 0.3) is 0 Å². The van der Waals surface area contributed by atoms with Gasteiger partial charge in [-0.25, -0.2) is 0 Å². The van der Waals surface area contributed by atoms with Crippen LogP contribution in [0.15, 0.2) is 0 Å². The number of hydrogen-bond acceptors (Lipinski definition) is 3. The minimum absolute atomic E-state index is 1.21. The molecule has 0 N–H and O–H groups in total. The van der Waals surface area contributed by atoms with Crippen LogP contribution < -0.4 is 0 Å². The zero-order valence-corrected chi connectivity index (χ0v) is 9.42. The van der Waals surface area contributed by atoms with E-state index in [1.807, 2.05) is 0 Å². The lowest BCUT2D eigenvalue weighted by atomic mass is 11.9. The molecule has 0 radical (unpaired) electrons. The zero-order valence-electron chi connectivity index (χ0n) is 5.96. The highest BCUT2D eigenvalue weighted by Gasteiger charge is 2.25. The quantitative estimate of drug-likeness (QED) is 0.475. The molecule has 0 amide bonds. The molecule has 1 fully saturated rings. The highest BCUT2D eigenvalue weighted by Crippen LogP contribution is 2.06. The third-order valence-electron chi connectivity index (χ3n) is 1.15. The van der Waals surface area contributed by atoms with Gasteiger partial charge in [0.15, 0.2) is 0 Å². The highest BCUT2D eigenvalue weighted by atomic mass is 28.5. The van der Waals surface area contributed by atoms with E-state index >= 15 is 0 Å². The molecule has 0 spiro atoms. The summed E-state index contributed by atoms with van der Waals surface area (Å²) in [5, 5.41) is 0. The van der Waals surface area contributed by atoms with Gasteiger partial charge in [0, 0.05) is 0 Å². The molecular weight excluding hydrogens is 168 g/mol. The zero-order chi connectivity index (χ0) is 6.85. The molecule has 0 atom stereocenters. The van der Waals surface area contributed by atoms with E-state index in [2.05, 4.69) is 19.6 Å². The predicted molar refractivity (Wildman–Crippen MR) is 42.3 cm³/mol. The van der Waals surface area contributed by atoms with E-state index in [-0.39, 0.29) is 0 Å². The van der Waals surface area contributed by atoms with Crippen molar-refractivity contribution in [2.45, 2.75) is 19.6 Å². The van der Waals surface area contributed by atoms with Gasteiger partial charge >= 0.3 is 0 Å². The summed E-state index contributed by atoms with van der Waals surface area (Å²) in [5.41, 5.74) is 0. The van der Waals surface area contributed by atoms with Crippen molar-refractivity contribution in [1.29, 1.82) is 0 Å². The molecule has 3 nitrogen and oxygen atoms in total. The Bertz CT molecular complexity index is 75.3. The van der Waals surface area contributed by atoms with Crippen molar-refractivity contribution in [2.24, 2.45) is 0 Å². The van der Waals surface area contributed by atoms with E-state index in [0.717, 1.165) is 0 Å². The van der Waals surface area contributed by atoms with Crippen molar-refractivity contribution in [3.05, 3.63) is 0 Å². The fraction of sp³-hybridized carbons (Fsp3) is 1.00. The molecule has 0 aliphatic carbocycles. The topological polar surface area (TPSA) is 27.7 Å². The fourth-order valence-electron chi connectivity index (χ4n) is 0.906. The van der Waals surface area contributed by atoms with Gasteiger partial charge in [-0.3, -0.25) is 0 Å². The normalized spacial score (nSPS) is 45.0. The monoisotopic (exact) mass is 180 g/mol. The van der Waals surface area contributed by atoms with Crippen molar-refractivity contribution in [3.63, 3.8) is 0 Å². The Morgan fingerprint density at radius 1 is 0.667 bits per heavy atom. The average Bonchev–Trinajstić information content (AvgIpc) is 1.59. The first-order valence-electron chi connectivity index (χ1n) is 3.15. The second-order valence-corrected chi connectivity index (χ2v) is 8.78. The largest absolute Gasteiger partial charge is 0.420 e. The van der Waals surface area contributed by atoms with Gasteiger partial charge in [0.2, 0.25) is 0 Å². The van der Waals surface area contributed by atoms with Gasteiger partial charge in [0.25, 0.3) is 27.9 Å². The summed E-state index contributed by atoms with van der Waals surface area (Å²) >= 11 is 0. The summed E-state index contributed by atoms with van der Waals surface area (Å²) in [7, 11) is -3.64. The lowest BCUT2D eigenvalue weighted by Gasteiger charge is -2.28. The molecule has 0 aromatic rings. The van der Waals surface area contributed by atoms with Crippen LogP contribution in [0.3, 0.4) is 0 Å². The highest BCUT2D eigenvalue weighted by molar-refractivity contribution is 6.72. The van der Waals surface area contributed by atoms with Crippen molar-refractivity contribution >= 4 is 27.9 Å². The van der Waals surface area contributed by atoms with Crippen LogP contribution in [0, 0.1) is 0 Å². The molecule has 1 aliphatic heterocycles. The van der Waals surface area contributed by atoms with Crippen molar-refractivity contribution in [3.8, 4) is 0 Å². The number of rotatable bonds is 0. The van der Waals surface area contributed by atoms with Crippen LogP contribution in [0.4, 0.5) is 0 Å². The van der Waals surface area contributed by atoms with Crippen LogP contribution in [0.2, 0.25) is 19.6 Å². The van der Waals surface area contributed by atoms with Gasteiger partial charge in [-0.15, -0.1) is 0 Å². The lowest BCUT2D eigenvalue weighted by molar-refractivity contribution is 0.294. The van der Waals surface area contributed by atoms with Crippen molar-refractivity contribution in [1.82, 2.24) is 0 Å². The first kappa shape index (κ1) is 7.64. The summed E-state index contributed by atoms with van der Waals surface area (Å²) in [5.74, 6) is 0. The van der Waals surface area contributed by atoms with Crippen molar-refractivity contribution in [2.75, 3.05) is 0 Å². The van der Waals surface area contributed by atoms with Gasteiger partial charge < -0.3 is 12.3 Å². The predicted octanol–water partition coefficient (Wildman–Crippen LogP) is -0.399. The molecule has 1 heterocycles. The minimum atomic E-state index is -1.21. The molecule has 54 valence electrons. The Labute approximate surface area is 60.5 Å². The van der Waals surface area contributed by atoms with E-state index in [0.29, 0.717) is 0 Å². The summed E-state index contributed by atoms with van der Waals surface area (Å²) in [4.78, 5) is 0.